The Bertz CT molecular complexity index is 1100. The van der Waals surface area contributed by atoms with E-state index >= 15 is 0 Å². The van der Waals surface area contributed by atoms with Crippen molar-refractivity contribution >= 4 is 17.2 Å². The van der Waals surface area contributed by atoms with Gasteiger partial charge >= 0.3 is 0 Å². The Morgan fingerprint density at radius 2 is 1.88 bits per heavy atom. The number of ether oxygens (including phenoxy) is 1. The van der Waals surface area contributed by atoms with E-state index in [9.17, 15) is 9.90 Å². The summed E-state index contributed by atoms with van der Waals surface area (Å²) in [6.45, 7) is 10.3. The Labute approximate surface area is 203 Å². The number of hydrogen-bond donors (Lipinski definition) is 4. The van der Waals surface area contributed by atoms with Gasteiger partial charge in [-0.2, -0.15) is 4.98 Å². The second-order valence-corrected chi connectivity index (χ2v) is 9.68. The first-order valence-corrected chi connectivity index (χ1v) is 12.0. The molecule has 0 aliphatic heterocycles. The van der Waals surface area contributed by atoms with Gasteiger partial charge in [-0.3, -0.25) is 4.79 Å². The zero-order chi connectivity index (χ0) is 24.8. The highest BCUT2D eigenvalue weighted by Gasteiger charge is 2.17. The number of carbonyl (C=O) groups excluding carboxylic acids is 1. The minimum absolute atomic E-state index is 0.00134. The van der Waals surface area contributed by atoms with Gasteiger partial charge in [0.25, 0.3) is 5.89 Å². The second-order valence-electron chi connectivity index (χ2n) is 8.54. The fraction of sp³-hybridized carbons (Fsp3) is 0.458. The maximum atomic E-state index is 11.1. The number of aryl methyl sites for hydroxylation is 3. The Morgan fingerprint density at radius 1 is 1.18 bits per heavy atom. The summed E-state index contributed by atoms with van der Waals surface area (Å²) in [6.07, 6.45) is -0.899. The van der Waals surface area contributed by atoms with Gasteiger partial charge in [-0.05, 0) is 55.7 Å². The van der Waals surface area contributed by atoms with Crippen molar-refractivity contribution in [3.05, 3.63) is 39.8 Å². The molecule has 1 unspecified atom stereocenters. The highest BCUT2D eigenvalue weighted by molar-refractivity contribution is 7.15. The van der Waals surface area contributed by atoms with Crippen LogP contribution in [0, 0.1) is 20.8 Å². The molecule has 0 bridgehead atoms. The lowest BCUT2D eigenvalue weighted by molar-refractivity contribution is -0.124. The number of rotatable bonds is 11. The summed E-state index contributed by atoms with van der Waals surface area (Å²) in [5, 5.41) is 28.8. The van der Waals surface area contributed by atoms with Gasteiger partial charge in [-0.1, -0.05) is 19.0 Å². The molecule has 0 aliphatic carbocycles. The van der Waals surface area contributed by atoms with Gasteiger partial charge in [-0.25, -0.2) is 0 Å². The van der Waals surface area contributed by atoms with E-state index in [4.69, 9.17) is 14.4 Å². The maximum Gasteiger partial charge on any atom is 0.268 e. The van der Waals surface area contributed by atoms with Crippen LogP contribution in [-0.2, 0) is 11.3 Å². The minimum atomic E-state index is -0.899. The summed E-state index contributed by atoms with van der Waals surface area (Å²) in [6, 6.07) is 6.30. The predicted octanol–water partition coefficient (Wildman–Crippen LogP) is 2.74. The summed E-state index contributed by atoms with van der Waals surface area (Å²) < 4.78 is 11.3. The van der Waals surface area contributed by atoms with Crippen molar-refractivity contribution in [1.29, 1.82) is 0 Å². The monoisotopic (exact) mass is 488 g/mol. The van der Waals surface area contributed by atoms with Crippen LogP contribution in [0.5, 0.6) is 5.75 Å². The lowest BCUT2D eigenvalue weighted by atomic mass is 10.1. The number of aliphatic hydroxyl groups excluding tert-OH is 2. The molecule has 0 saturated carbocycles. The standard InChI is InChI=1S/C24H32N4O5S/c1-13(2)25-10-20-14(3)8-19(34-20)24-27-23(28-33-24)17-6-15(4)22(16(5)7-17)32-12-18(30)9-26-21(31)11-29/h6-8,13,18,25,29-30H,9-12H2,1-5H3,(H,26,31). The number of thiophene rings is 1. The largest absolute Gasteiger partial charge is 0.490 e. The van der Waals surface area contributed by atoms with E-state index in [1.807, 2.05) is 26.0 Å². The highest BCUT2D eigenvalue weighted by Crippen LogP contribution is 2.33. The second kappa shape index (κ2) is 11.6. The first-order valence-electron chi connectivity index (χ1n) is 11.1. The molecule has 10 heteroatoms. The number of carbonyl (C=O) groups is 1. The van der Waals surface area contributed by atoms with E-state index in [-0.39, 0.29) is 13.2 Å². The van der Waals surface area contributed by atoms with Gasteiger partial charge in [0.05, 0.1) is 4.88 Å². The maximum absolute atomic E-state index is 11.1. The van der Waals surface area contributed by atoms with Crippen molar-refractivity contribution in [1.82, 2.24) is 20.8 Å². The normalized spacial score (nSPS) is 12.2. The molecule has 0 radical (unpaired) electrons. The van der Waals surface area contributed by atoms with Crippen LogP contribution in [0.2, 0.25) is 0 Å². The highest BCUT2D eigenvalue weighted by atomic mass is 32.1. The lowest BCUT2D eigenvalue weighted by Crippen LogP contribution is -2.36. The van der Waals surface area contributed by atoms with Crippen LogP contribution in [-0.4, -0.2) is 58.2 Å². The van der Waals surface area contributed by atoms with Gasteiger partial charge in [0.1, 0.15) is 25.1 Å². The number of nitrogens with zero attached hydrogens (tertiary/aromatic N) is 2. The summed E-state index contributed by atoms with van der Waals surface area (Å²) in [5.41, 5.74) is 3.73. The molecule has 3 aromatic rings. The van der Waals surface area contributed by atoms with Gasteiger partial charge in [-0.15, -0.1) is 11.3 Å². The van der Waals surface area contributed by atoms with Gasteiger partial charge in [0.15, 0.2) is 0 Å². The Morgan fingerprint density at radius 3 is 2.53 bits per heavy atom. The predicted molar refractivity (Wildman–Crippen MR) is 131 cm³/mol. The number of hydrogen-bond acceptors (Lipinski definition) is 9. The van der Waals surface area contributed by atoms with Crippen LogP contribution < -0.4 is 15.4 Å². The molecule has 1 amide bonds. The van der Waals surface area contributed by atoms with Crippen LogP contribution in [0.4, 0.5) is 0 Å². The molecule has 9 nitrogen and oxygen atoms in total. The molecular formula is C24H32N4O5S. The van der Waals surface area contributed by atoms with Crippen LogP contribution in [0.15, 0.2) is 22.7 Å². The first-order chi connectivity index (χ1) is 16.2. The van der Waals surface area contributed by atoms with Crippen LogP contribution in [0.3, 0.4) is 0 Å². The van der Waals surface area contributed by atoms with E-state index < -0.39 is 18.6 Å². The third-order valence-corrected chi connectivity index (χ3v) is 6.37. The third-order valence-electron chi connectivity index (χ3n) is 5.15. The summed E-state index contributed by atoms with van der Waals surface area (Å²) in [7, 11) is 0. The number of nitrogens with one attached hydrogen (secondary N) is 2. The average Bonchev–Trinajstić information content (AvgIpc) is 3.42. The molecule has 2 heterocycles. The van der Waals surface area contributed by atoms with Crippen molar-refractivity contribution in [2.75, 3.05) is 19.8 Å². The van der Waals surface area contributed by atoms with E-state index in [1.165, 1.54) is 10.4 Å². The quantitative estimate of drug-likeness (QED) is 0.324. The van der Waals surface area contributed by atoms with E-state index in [1.54, 1.807) is 11.3 Å². The molecule has 1 atom stereocenters. The van der Waals surface area contributed by atoms with Crippen LogP contribution in [0.1, 0.15) is 35.4 Å². The zero-order valence-corrected chi connectivity index (χ0v) is 21.0. The molecule has 0 aliphatic rings. The third kappa shape index (κ3) is 6.63. The van der Waals surface area contributed by atoms with E-state index in [2.05, 4.69) is 47.6 Å². The molecule has 4 N–H and O–H groups in total. The topological polar surface area (TPSA) is 130 Å². The van der Waals surface area contributed by atoms with E-state index in [0.29, 0.717) is 23.5 Å². The summed E-state index contributed by atoms with van der Waals surface area (Å²) in [4.78, 5) is 17.9. The summed E-state index contributed by atoms with van der Waals surface area (Å²) in [5.74, 6) is 1.09. The number of benzene rings is 1. The Kier molecular flexibility index (Phi) is 8.78. The van der Waals surface area contributed by atoms with Crippen molar-refractivity contribution in [3.63, 3.8) is 0 Å². The molecule has 1 aromatic carbocycles. The smallest absolute Gasteiger partial charge is 0.268 e. The van der Waals surface area contributed by atoms with Crippen molar-refractivity contribution in [2.45, 2.75) is 53.3 Å². The molecule has 0 fully saturated rings. The molecule has 0 saturated heterocycles. The molecule has 0 spiro atoms. The minimum Gasteiger partial charge on any atom is -0.490 e. The van der Waals surface area contributed by atoms with Gasteiger partial charge in [0, 0.05) is 29.6 Å². The molecule has 3 rings (SSSR count). The number of aliphatic hydroxyl groups is 2. The fourth-order valence-corrected chi connectivity index (χ4v) is 4.42. The Hall–Kier alpha value is -2.79. The van der Waals surface area contributed by atoms with Gasteiger partial charge < -0.3 is 30.1 Å². The van der Waals surface area contributed by atoms with Crippen molar-refractivity contribution in [3.8, 4) is 27.9 Å². The molecular weight excluding hydrogens is 456 g/mol. The zero-order valence-electron chi connectivity index (χ0n) is 20.1. The number of amides is 1. The number of aromatic nitrogens is 2. The van der Waals surface area contributed by atoms with Gasteiger partial charge in [0.2, 0.25) is 11.7 Å². The van der Waals surface area contributed by atoms with Crippen molar-refractivity contribution in [2.24, 2.45) is 0 Å². The SMILES string of the molecule is Cc1cc(-c2nc(-c3cc(C)c(OCC(O)CNC(=O)CO)c(C)c3)no2)sc1CNC(C)C. The first kappa shape index (κ1) is 25.8. The van der Waals surface area contributed by atoms with Crippen LogP contribution >= 0.6 is 11.3 Å². The Balaban J connectivity index is 1.70. The molecule has 34 heavy (non-hydrogen) atoms. The van der Waals surface area contributed by atoms with E-state index in [0.717, 1.165) is 28.1 Å². The average molecular weight is 489 g/mol. The lowest BCUT2D eigenvalue weighted by Gasteiger charge is -2.16. The fourth-order valence-electron chi connectivity index (χ4n) is 3.37. The van der Waals surface area contributed by atoms with Crippen molar-refractivity contribution < 1.29 is 24.3 Å². The molecule has 184 valence electrons. The summed E-state index contributed by atoms with van der Waals surface area (Å²) >= 11 is 1.65. The van der Waals surface area contributed by atoms with Crippen LogP contribution in [0.25, 0.3) is 22.2 Å². The molecule has 2 aromatic heterocycles.